The second kappa shape index (κ2) is 8.10. The van der Waals surface area contributed by atoms with Crippen molar-refractivity contribution in [1.29, 1.82) is 0 Å². The molecule has 1 atom stereocenters. The number of aryl methyl sites for hydroxylation is 2. The Morgan fingerprint density at radius 3 is 2.50 bits per heavy atom. The van der Waals surface area contributed by atoms with Gasteiger partial charge in [-0.3, -0.25) is 14.2 Å². The van der Waals surface area contributed by atoms with Crippen molar-refractivity contribution < 1.29 is 18.0 Å². The molecule has 5 nitrogen and oxygen atoms in total. The molecule has 1 amide bonds. The molecule has 3 rings (SSSR count). The van der Waals surface area contributed by atoms with Gasteiger partial charge in [-0.1, -0.05) is 23.7 Å². The molecule has 1 aromatic heterocycles. The van der Waals surface area contributed by atoms with Crippen molar-refractivity contribution in [3.63, 3.8) is 0 Å². The van der Waals surface area contributed by atoms with Crippen LogP contribution in [0.5, 0.6) is 0 Å². The van der Waals surface area contributed by atoms with Gasteiger partial charge in [-0.25, -0.2) is 4.98 Å². The fourth-order valence-electron chi connectivity index (χ4n) is 3.13. The Morgan fingerprint density at radius 1 is 1.20 bits per heavy atom. The van der Waals surface area contributed by atoms with Crippen molar-refractivity contribution in [3.05, 3.63) is 74.2 Å². The molecule has 158 valence electrons. The lowest BCUT2D eigenvalue weighted by Gasteiger charge is -2.20. The molecule has 9 heteroatoms. The quantitative estimate of drug-likeness (QED) is 0.650. The minimum atomic E-state index is -4.94. The van der Waals surface area contributed by atoms with E-state index in [9.17, 15) is 22.8 Å². The highest BCUT2D eigenvalue weighted by atomic mass is 35.5. The SMILES string of the molecule is Cc1cc2nc(C(F)(F)F)c(=O)n([C@H](C)C(=O)NCc3cccc(Cl)c3)c2cc1C. The number of carbonyl (C=O) groups is 1. The molecule has 0 fully saturated rings. The summed E-state index contributed by atoms with van der Waals surface area (Å²) in [6.07, 6.45) is -4.94. The van der Waals surface area contributed by atoms with E-state index in [-0.39, 0.29) is 17.6 Å². The topological polar surface area (TPSA) is 64.0 Å². The number of rotatable bonds is 4. The summed E-state index contributed by atoms with van der Waals surface area (Å²) in [6, 6.07) is 8.67. The predicted molar refractivity (Wildman–Crippen MR) is 108 cm³/mol. The van der Waals surface area contributed by atoms with Crippen LogP contribution in [0.15, 0.2) is 41.2 Å². The highest BCUT2D eigenvalue weighted by molar-refractivity contribution is 6.30. The van der Waals surface area contributed by atoms with Gasteiger partial charge in [-0.2, -0.15) is 13.2 Å². The zero-order valence-electron chi connectivity index (χ0n) is 16.5. The number of halogens is 4. The largest absolute Gasteiger partial charge is 0.438 e. The second-order valence-electron chi connectivity index (χ2n) is 7.08. The number of nitrogens with one attached hydrogen (secondary N) is 1. The first kappa shape index (κ1) is 21.8. The van der Waals surface area contributed by atoms with Crippen LogP contribution in [0.1, 0.15) is 35.3 Å². The Bertz CT molecular complexity index is 1190. The minimum Gasteiger partial charge on any atom is -0.350 e. The molecule has 0 aliphatic carbocycles. The number of alkyl halides is 3. The van der Waals surface area contributed by atoms with Gasteiger partial charge in [-0.05, 0) is 61.7 Å². The number of hydrogen-bond acceptors (Lipinski definition) is 3. The third kappa shape index (κ3) is 4.33. The van der Waals surface area contributed by atoms with Crippen LogP contribution in [0, 0.1) is 13.8 Å². The molecule has 0 bridgehead atoms. The first-order chi connectivity index (χ1) is 14.0. The average Bonchev–Trinajstić information content (AvgIpc) is 2.66. The molecule has 0 aliphatic rings. The van der Waals surface area contributed by atoms with E-state index in [1.807, 2.05) is 0 Å². The van der Waals surface area contributed by atoms with Crippen LogP contribution in [0.25, 0.3) is 11.0 Å². The maximum Gasteiger partial charge on any atom is 0.438 e. The maximum absolute atomic E-state index is 13.4. The molecule has 3 aromatic rings. The van der Waals surface area contributed by atoms with Crippen LogP contribution < -0.4 is 10.9 Å². The molecule has 0 unspecified atom stereocenters. The van der Waals surface area contributed by atoms with Crippen molar-refractivity contribution in [2.45, 2.75) is 39.5 Å². The van der Waals surface area contributed by atoms with Gasteiger partial charge in [0.1, 0.15) is 6.04 Å². The van der Waals surface area contributed by atoms with Crippen LogP contribution in [0.3, 0.4) is 0 Å². The zero-order chi connectivity index (χ0) is 22.2. The third-order valence-corrected chi connectivity index (χ3v) is 5.13. The molecular weight excluding hydrogens is 419 g/mol. The minimum absolute atomic E-state index is 0.000448. The van der Waals surface area contributed by atoms with Crippen molar-refractivity contribution in [1.82, 2.24) is 14.9 Å². The standard InChI is InChI=1S/C21H19ClF3N3O2/c1-11-7-16-17(8-12(11)2)28(20(30)18(27-16)21(23,24)25)13(3)19(29)26-10-14-5-4-6-15(22)9-14/h4-9,13H,10H2,1-3H3,(H,26,29)/t13-/m1/s1. The van der Waals surface area contributed by atoms with E-state index in [2.05, 4.69) is 10.3 Å². The van der Waals surface area contributed by atoms with E-state index in [1.54, 1.807) is 44.2 Å². The van der Waals surface area contributed by atoms with Gasteiger partial charge in [0.05, 0.1) is 11.0 Å². The van der Waals surface area contributed by atoms with Crippen LogP contribution in [0.2, 0.25) is 5.02 Å². The normalized spacial score (nSPS) is 12.8. The summed E-state index contributed by atoms with van der Waals surface area (Å²) in [7, 11) is 0. The van der Waals surface area contributed by atoms with E-state index in [0.29, 0.717) is 5.02 Å². The Balaban J connectivity index is 2.06. The number of nitrogens with zero attached hydrogens (tertiary/aromatic N) is 2. The van der Waals surface area contributed by atoms with Crippen molar-refractivity contribution in [3.8, 4) is 0 Å². The summed E-state index contributed by atoms with van der Waals surface area (Å²) in [5, 5.41) is 3.13. The van der Waals surface area contributed by atoms with Crippen molar-refractivity contribution >= 4 is 28.5 Å². The Morgan fingerprint density at radius 2 is 1.87 bits per heavy atom. The van der Waals surface area contributed by atoms with Crippen LogP contribution in [-0.2, 0) is 17.5 Å². The van der Waals surface area contributed by atoms with Gasteiger partial charge >= 0.3 is 6.18 Å². The number of benzene rings is 2. The highest BCUT2D eigenvalue weighted by Crippen LogP contribution is 2.28. The monoisotopic (exact) mass is 437 g/mol. The molecule has 0 spiro atoms. The van der Waals surface area contributed by atoms with Gasteiger partial charge in [-0.15, -0.1) is 0 Å². The predicted octanol–water partition coefficient (Wildman–Crippen LogP) is 4.56. The lowest BCUT2D eigenvalue weighted by atomic mass is 10.1. The number of fused-ring (bicyclic) bond motifs is 1. The third-order valence-electron chi connectivity index (χ3n) is 4.90. The number of amides is 1. The van der Waals surface area contributed by atoms with E-state index in [4.69, 9.17) is 11.6 Å². The number of carbonyl (C=O) groups excluding carboxylic acids is 1. The van der Waals surface area contributed by atoms with Gasteiger partial charge < -0.3 is 5.32 Å². The van der Waals surface area contributed by atoms with Crippen LogP contribution in [0.4, 0.5) is 13.2 Å². The first-order valence-corrected chi connectivity index (χ1v) is 9.49. The molecule has 1 heterocycles. The first-order valence-electron chi connectivity index (χ1n) is 9.12. The smallest absolute Gasteiger partial charge is 0.350 e. The van der Waals surface area contributed by atoms with E-state index in [1.165, 1.54) is 13.0 Å². The fourth-order valence-corrected chi connectivity index (χ4v) is 3.34. The maximum atomic E-state index is 13.4. The zero-order valence-corrected chi connectivity index (χ0v) is 17.2. The summed E-state index contributed by atoms with van der Waals surface area (Å²) < 4.78 is 41.1. The van der Waals surface area contributed by atoms with Crippen LogP contribution in [-0.4, -0.2) is 15.5 Å². The number of hydrogen-bond donors (Lipinski definition) is 1. The van der Waals surface area contributed by atoms with E-state index < -0.39 is 29.4 Å². The molecule has 1 N–H and O–H groups in total. The molecule has 2 aromatic carbocycles. The van der Waals surface area contributed by atoms with Gasteiger partial charge in [0, 0.05) is 11.6 Å². The number of aromatic nitrogens is 2. The summed E-state index contributed by atoms with van der Waals surface area (Å²) in [4.78, 5) is 28.9. The van der Waals surface area contributed by atoms with Crippen molar-refractivity contribution in [2.75, 3.05) is 0 Å². The van der Waals surface area contributed by atoms with Crippen LogP contribution >= 0.6 is 11.6 Å². The van der Waals surface area contributed by atoms with Gasteiger partial charge in [0.25, 0.3) is 5.56 Å². The molecule has 0 aliphatic heterocycles. The molecule has 0 radical (unpaired) electrons. The molecule has 0 saturated heterocycles. The average molecular weight is 438 g/mol. The Hall–Kier alpha value is -2.87. The van der Waals surface area contributed by atoms with E-state index >= 15 is 0 Å². The van der Waals surface area contributed by atoms with Gasteiger partial charge in [0.15, 0.2) is 0 Å². The summed E-state index contributed by atoms with van der Waals surface area (Å²) in [5.74, 6) is -0.601. The molecule has 30 heavy (non-hydrogen) atoms. The summed E-state index contributed by atoms with van der Waals surface area (Å²) >= 11 is 5.92. The summed E-state index contributed by atoms with van der Waals surface area (Å²) in [6.45, 7) is 5.00. The fraction of sp³-hybridized carbons (Fsp3) is 0.286. The lowest BCUT2D eigenvalue weighted by molar-refractivity contribution is -0.142. The van der Waals surface area contributed by atoms with E-state index in [0.717, 1.165) is 21.3 Å². The Kier molecular flexibility index (Phi) is 5.90. The molecule has 0 saturated carbocycles. The summed E-state index contributed by atoms with van der Waals surface area (Å²) in [5.41, 5.74) is -0.523. The Labute approximate surface area is 175 Å². The highest BCUT2D eigenvalue weighted by Gasteiger charge is 2.38. The molecular formula is C21H19ClF3N3O2. The van der Waals surface area contributed by atoms with Gasteiger partial charge in [0.2, 0.25) is 11.6 Å². The lowest BCUT2D eigenvalue weighted by Crippen LogP contribution is -2.39. The van der Waals surface area contributed by atoms with Crippen molar-refractivity contribution in [2.24, 2.45) is 0 Å². The second-order valence-corrected chi connectivity index (χ2v) is 7.52.